The monoisotopic (exact) mass is 328 g/mol. The van der Waals surface area contributed by atoms with E-state index in [0.29, 0.717) is 16.8 Å². The molecule has 0 aliphatic carbocycles. The first-order valence-corrected chi connectivity index (χ1v) is 7.91. The molecule has 2 rings (SSSR count). The van der Waals surface area contributed by atoms with E-state index >= 15 is 0 Å². The van der Waals surface area contributed by atoms with Crippen LogP contribution in [0.5, 0.6) is 0 Å². The predicted molar refractivity (Wildman–Crippen MR) is 84.3 cm³/mol. The van der Waals surface area contributed by atoms with Crippen LogP contribution in [0.4, 0.5) is 0 Å². The number of methoxy groups -OCH3 is 1. The summed E-state index contributed by atoms with van der Waals surface area (Å²) >= 11 is 7.50. The first-order valence-electron chi connectivity index (χ1n) is 6.54. The molecule has 0 amide bonds. The van der Waals surface area contributed by atoms with Crippen molar-refractivity contribution in [1.29, 1.82) is 0 Å². The maximum atomic E-state index is 10.8. The molecular weight excluding hydrogens is 312 g/mol. The molecule has 1 heterocycles. The van der Waals surface area contributed by atoms with Crippen LogP contribution in [0.1, 0.15) is 19.4 Å². The van der Waals surface area contributed by atoms with Crippen LogP contribution in [0.2, 0.25) is 5.02 Å². The lowest BCUT2D eigenvalue weighted by Gasteiger charge is -2.17. The predicted octanol–water partition coefficient (Wildman–Crippen LogP) is 3.46. The van der Waals surface area contributed by atoms with Crippen LogP contribution < -0.4 is 0 Å². The van der Waals surface area contributed by atoms with Gasteiger partial charge in [-0.1, -0.05) is 29.4 Å². The second-order valence-corrected chi connectivity index (χ2v) is 6.03. The molecule has 0 aliphatic rings. The van der Waals surface area contributed by atoms with Gasteiger partial charge in [-0.25, -0.2) is 4.98 Å². The van der Waals surface area contributed by atoms with Gasteiger partial charge in [-0.2, -0.15) is 0 Å². The van der Waals surface area contributed by atoms with E-state index in [1.54, 1.807) is 7.11 Å². The summed E-state index contributed by atoms with van der Waals surface area (Å²) in [4.78, 5) is 15.3. The minimum atomic E-state index is -0.866. The van der Waals surface area contributed by atoms with Gasteiger partial charge in [0.15, 0.2) is 5.16 Å². The molecule has 0 aliphatic heterocycles. The van der Waals surface area contributed by atoms with Gasteiger partial charge in [0.1, 0.15) is 0 Å². The Balaban J connectivity index is 2.45. The number of halogens is 1. The average molecular weight is 329 g/mol. The van der Waals surface area contributed by atoms with Gasteiger partial charge in [-0.3, -0.25) is 4.79 Å². The topological polar surface area (TPSA) is 64.3 Å². The van der Waals surface area contributed by atoms with Gasteiger partial charge in [-0.15, -0.1) is 0 Å². The number of carbonyl (C=O) groups is 1. The van der Waals surface area contributed by atoms with Gasteiger partial charge in [-0.05, 0) is 25.5 Å². The first-order chi connectivity index (χ1) is 10.0. The highest BCUT2D eigenvalue weighted by atomic mass is 35.5. The molecule has 1 N–H and O–H groups in total. The van der Waals surface area contributed by atoms with Crippen LogP contribution >= 0.6 is 23.4 Å². The fourth-order valence-electron chi connectivity index (χ4n) is 2.14. The molecule has 7 heteroatoms. The van der Waals surface area contributed by atoms with Crippen molar-refractivity contribution in [3.05, 3.63) is 23.2 Å². The highest BCUT2D eigenvalue weighted by molar-refractivity contribution is 7.99. The number of benzene rings is 1. The first kappa shape index (κ1) is 16.1. The number of fused-ring (bicyclic) bond motifs is 1. The van der Waals surface area contributed by atoms with E-state index in [-0.39, 0.29) is 11.8 Å². The highest BCUT2D eigenvalue weighted by Gasteiger charge is 2.19. The van der Waals surface area contributed by atoms with Crippen LogP contribution in [0.15, 0.2) is 23.4 Å². The Kier molecular flexibility index (Phi) is 5.50. The largest absolute Gasteiger partial charge is 0.481 e. The van der Waals surface area contributed by atoms with E-state index in [0.717, 1.165) is 17.5 Å². The number of hydrogen-bond acceptors (Lipinski definition) is 4. The minimum Gasteiger partial charge on any atom is -0.481 e. The summed E-state index contributed by atoms with van der Waals surface area (Å²) in [6.45, 7) is 2.67. The number of thioether (sulfide) groups is 1. The molecule has 0 spiro atoms. The lowest BCUT2D eigenvalue weighted by molar-refractivity contribution is -0.133. The van der Waals surface area contributed by atoms with Crippen molar-refractivity contribution < 1.29 is 14.6 Å². The van der Waals surface area contributed by atoms with E-state index in [2.05, 4.69) is 4.98 Å². The van der Waals surface area contributed by atoms with Gasteiger partial charge >= 0.3 is 5.97 Å². The second kappa shape index (κ2) is 7.15. The number of hydrogen-bond donors (Lipinski definition) is 1. The molecule has 5 nitrogen and oxygen atoms in total. The van der Waals surface area contributed by atoms with Crippen LogP contribution in [-0.2, 0) is 9.53 Å². The van der Waals surface area contributed by atoms with Crippen LogP contribution in [-0.4, -0.2) is 40.1 Å². The van der Waals surface area contributed by atoms with Gasteiger partial charge in [0.05, 0.1) is 21.8 Å². The Labute approximate surface area is 132 Å². The molecule has 2 aromatic rings. The average Bonchev–Trinajstić information content (AvgIpc) is 2.82. The molecule has 1 aromatic carbocycles. The number of rotatable bonds is 7. The Morgan fingerprint density at radius 2 is 2.33 bits per heavy atom. The fraction of sp³-hybridized carbons (Fsp3) is 0.429. The lowest BCUT2D eigenvalue weighted by Crippen LogP contribution is -2.10. The van der Waals surface area contributed by atoms with Crippen molar-refractivity contribution in [1.82, 2.24) is 9.55 Å². The van der Waals surface area contributed by atoms with Crippen molar-refractivity contribution in [2.75, 3.05) is 19.5 Å². The zero-order valence-electron chi connectivity index (χ0n) is 11.9. The molecular formula is C14H17ClN2O3S. The van der Waals surface area contributed by atoms with Crippen molar-refractivity contribution in [2.45, 2.75) is 24.5 Å². The van der Waals surface area contributed by atoms with Crippen molar-refractivity contribution in [2.24, 2.45) is 0 Å². The molecule has 1 unspecified atom stereocenters. The zero-order chi connectivity index (χ0) is 15.4. The lowest BCUT2D eigenvalue weighted by atomic mass is 10.2. The van der Waals surface area contributed by atoms with Gasteiger partial charge in [0, 0.05) is 19.8 Å². The van der Waals surface area contributed by atoms with Crippen LogP contribution in [0.25, 0.3) is 11.0 Å². The highest BCUT2D eigenvalue weighted by Crippen LogP contribution is 2.33. The fourth-order valence-corrected chi connectivity index (χ4v) is 3.23. The third-order valence-corrected chi connectivity index (χ3v) is 4.38. The number of ether oxygens (including phenoxy) is 1. The molecule has 1 aromatic heterocycles. The number of para-hydroxylation sites is 1. The number of aliphatic carboxylic acids is 1. The smallest absolute Gasteiger partial charge is 0.313 e. The van der Waals surface area contributed by atoms with Crippen molar-refractivity contribution in [3.8, 4) is 0 Å². The minimum absolute atomic E-state index is 0.0298. The summed E-state index contributed by atoms with van der Waals surface area (Å²) < 4.78 is 7.13. The van der Waals surface area contributed by atoms with Gasteiger partial charge in [0.2, 0.25) is 0 Å². The maximum Gasteiger partial charge on any atom is 0.313 e. The Hall–Kier alpha value is -1.24. The number of carboxylic acid groups (broad SMARTS) is 1. The molecule has 114 valence electrons. The zero-order valence-corrected chi connectivity index (χ0v) is 13.4. The standard InChI is InChI=1S/C14H17ClN2O3S/c1-9(6-7-20-2)17-13-10(15)4-3-5-11(13)16-14(17)21-8-12(18)19/h3-5,9H,6-8H2,1-2H3,(H,18,19). The summed E-state index contributed by atoms with van der Waals surface area (Å²) in [5.74, 6) is -0.896. The van der Waals surface area contributed by atoms with E-state index in [9.17, 15) is 4.79 Å². The molecule has 21 heavy (non-hydrogen) atoms. The summed E-state index contributed by atoms with van der Waals surface area (Å²) in [6.07, 6.45) is 0.799. The van der Waals surface area contributed by atoms with Crippen molar-refractivity contribution >= 4 is 40.4 Å². The van der Waals surface area contributed by atoms with Gasteiger partial charge < -0.3 is 14.4 Å². The molecule has 0 radical (unpaired) electrons. The molecule has 0 fully saturated rings. The molecule has 0 saturated carbocycles. The summed E-state index contributed by atoms with van der Waals surface area (Å²) in [5, 5.41) is 10.2. The summed E-state index contributed by atoms with van der Waals surface area (Å²) in [7, 11) is 1.66. The normalized spacial score (nSPS) is 12.7. The Morgan fingerprint density at radius 1 is 1.57 bits per heavy atom. The van der Waals surface area contributed by atoms with Crippen LogP contribution in [0, 0.1) is 0 Å². The SMILES string of the molecule is COCCC(C)n1c(SCC(=O)O)nc2cccc(Cl)c21. The van der Waals surface area contributed by atoms with E-state index in [1.165, 1.54) is 11.8 Å². The molecule has 0 bridgehead atoms. The second-order valence-electron chi connectivity index (χ2n) is 4.68. The molecule has 1 atom stereocenters. The van der Waals surface area contributed by atoms with E-state index in [4.69, 9.17) is 21.4 Å². The van der Waals surface area contributed by atoms with Crippen LogP contribution in [0.3, 0.4) is 0 Å². The number of aromatic nitrogens is 2. The summed E-state index contributed by atoms with van der Waals surface area (Å²) in [6, 6.07) is 5.65. The Morgan fingerprint density at radius 3 is 3.00 bits per heavy atom. The quantitative estimate of drug-likeness (QED) is 0.788. The summed E-state index contributed by atoms with van der Waals surface area (Å²) in [5.41, 5.74) is 1.62. The van der Waals surface area contributed by atoms with E-state index < -0.39 is 5.97 Å². The number of carboxylic acids is 1. The Bertz CT molecular complexity index is 644. The maximum absolute atomic E-state index is 10.8. The number of imidazole rings is 1. The van der Waals surface area contributed by atoms with E-state index in [1.807, 2.05) is 29.7 Å². The third-order valence-electron chi connectivity index (χ3n) is 3.13. The van der Waals surface area contributed by atoms with Gasteiger partial charge in [0.25, 0.3) is 0 Å². The molecule has 0 saturated heterocycles. The number of nitrogens with zero attached hydrogens (tertiary/aromatic N) is 2. The van der Waals surface area contributed by atoms with Crippen molar-refractivity contribution in [3.63, 3.8) is 0 Å². The third kappa shape index (κ3) is 3.70.